The molecule has 3 nitrogen and oxygen atoms in total. The highest BCUT2D eigenvalue weighted by Crippen LogP contribution is 2.21. The van der Waals surface area contributed by atoms with Gasteiger partial charge < -0.3 is 0 Å². The summed E-state index contributed by atoms with van der Waals surface area (Å²) < 4.78 is 0.763. The molecule has 0 aliphatic carbocycles. The van der Waals surface area contributed by atoms with Gasteiger partial charge in [0.05, 0.1) is 0 Å². The van der Waals surface area contributed by atoms with Gasteiger partial charge in [-0.15, -0.1) is 0 Å². The molecule has 0 heterocycles. The molecule has 18 heavy (non-hydrogen) atoms. The number of thioether (sulfide) groups is 1. The molecule has 0 aromatic heterocycles. The molecular formula is C12H18ClN3S2. The summed E-state index contributed by atoms with van der Waals surface area (Å²) >= 11 is 13.1. The van der Waals surface area contributed by atoms with E-state index in [-0.39, 0.29) is 0 Å². The first-order valence-electron chi connectivity index (χ1n) is 5.86. The van der Waals surface area contributed by atoms with Crippen molar-refractivity contribution >= 4 is 39.9 Å². The Labute approximate surface area is 123 Å². The van der Waals surface area contributed by atoms with E-state index < -0.39 is 0 Å². The smallest absolute Gasteiger partial charge is 0.167 e. The van der Waals surface area contributed by atoms with Gasteiger partial charge in [0, 0.05) is 23.9 Å². The molecule has 0 unspecified atom stereocenters. The summed E-state index contributed by atoms with van der Waals surface area (Å²) in [6, 6.07) is 7.82. The fraction of sp³-hybridized carbons (Fsp3) is 0.417. The quantitative estimate of drug-likeness (QED) is 0.622. The SMILES string of the molecule is CCNN(NCC)C(=S)SCc1ccccc1Cl. The lowest BCUT2D eigenvalue weighted by molar-refractivity contribution is 0.241. The number of halogens is 1. The highest BCUT2D eigenvalue weighted by molar-refractivity contribution is 8.22. The first kappa shape index (κ1) is 15.7. The number of hydrazine groups is 2. The van der Waals surface area contributed by atoms with E-state index >= 15 is 0 Å². The van der Waals surface area contributed by atoms with Crippen LogP contribution in [0.4, 0.5) is 0 Å². The molecule has 0 aliphatic heterocycles. The summed E-state index contributed by atoms with van der Waals surface area (Å²) in [5, 5.41) is 2.57. The lowest BCUT2D eigenvalue weighted by Crippen LogP contribution is -2.50. The summed E-state index contributed by atoms with van der Waals surface area (Å²) in [7, 11) is 0. The molecular weight excluding hydrogens is 286 g/mol. The Hall–Kier alpha value is -0.330. The van der Waals surface area contributed by atoms with Gasteiger partial charge in [-0.3, -0.25) is 0 Å². The van der Waals surface area contributed by atoms with Gasteiger partial charge in [0.1, 0.15) is 0 Å². The molecule has 1 aromatic rings. The second-order valence-corrected chi connectivity index (χ2v) is 5.52. The van der Waals surface area contributed by atoms with E-state index in [0.29, 0.717) is 0 Å². The van der Waals surface area contributed by atoms with Crippen molar-refractivity contribution in [2.45, 2.75) is 19.6 Å². The summed E-state index contributed by atoms with van der Waals surface area (Å²) in [6.07, 6.45) is 0. The molecule has 0 amide bonds. The first-order chi connectivity index (χ1) is 8.69. The van der Waals surface area contributed by atoms with Crippen molar-refractivity contribution in [1.29, 1.82) is 0 Å². The van der Waals surface area contributed by atoms with Crippen LogP contribution < -0.4 is 10.9 Å². The maximum atomic E-state index is 6.11. The molecule has 0 fully saturated rings. The van der Waals surface area contributed by atoms with Crippen molar-refractivity contribution in [3.8, 4) is 0 Å². The van der Waals surface area contributed by atoms with Gasteiger partial charge in [-0.1, -0.05) is 55.4 Å². The third-order valence-electron chi connectivity index (χ3n) is 2.12. The zero-order valence-corrected chi connectivity index (χ0v) is 13.0. The third kappa shape index (κ3) is 5.12. The van der Waals surface area contributed by atoms with Gasteiger partial charge >= 0.3 is 0 Å². The number of nitrogens with one attached hydrogen (secondary N) is 2. The van der Waals surface area contributed by atoms with Crippen molar-refractivity contribution in [3.05, 3.63) is 34.9 Å². The summed E-state index contributed by atoms with van der Waals surface area (Å²) in [4.78, 5) is 0. The molecule has 6 heteroatoms. The van der Waals surface area contributed by atoms with Gasteiger partial charge in [-0.25, -0.2) is 16.0 Å². The summed E-state index contributed by atoms with van der Waals surface area (Å²) in [6.45, 7) is 5.71. The molecule has 1 rings (SSSR count). The van der Waals surface area contributed by atoms with Crippen LogP contribution in [-0.2, 0) is 5.75 Å². The number of hydrogen-bond donors (Lipinski definition) is 2. The Kier molecular flexibility index (Phi) is 7.62. The van der Waals surface area contributed by atoms with Crippen LogP contribution in [0.2, 0.25) is 5.02 Å². The van der Waals surface area contributed by atoms with Crippen LogP contribution in [-0.4, -0.2) is 22.5 Å². The van der Waals surface area contributed by atoms with E-state index in [1.54, 1.807) is 16.9 Å². The minimum absolute atomic E-state index is 0.763. The molecule has 0 saturated carbocycles. The second kappa shape index (κ2) is 8.72. The average Bonchev–Trinajstić information content (AvgIpc) is 2.37. The highest BCUT2D eigenvalue weighted by Gasteiger charge is 2.09. The van der Waals surface area contributed by atoms with Crippen LogP contribution in [0, 0.1) is 0 Å². The Balaban J connectivity index is 2.51. The number of nitrogens with zero attached hydrogens (tertiary/aromatic N) is 1. The Morgan fingerprint density at radius 3 is 2.44 bits per heavy atom. The van der Waals surface area contributed by atoms with E-state index in [9.17, 15) is 0 Å². The van der Waals surface area contributed by atoms with Gasteiger partial charge in [-0.05, 0) is 23.8 Å². The van der Waals surface area contributed by atoms with Crippen molar-refractivity contribution in [2.75, 3.05) is 13.1 Å². The molecule has 0 aliphatic rings. The number of thiocarbonyl (C=S) groups is 1. The van der Waals surface area contributed by atoms with Crippen molar-refractivity contribution in [2.24, 2.45) is 0 Å². The fourth-order valence-electron chi connectivity index (χ4n) is 1.32. The monoisotopic (exact) mass is 303 g/mol. The Morgan fingerprint density at radius 1 is 1.28 bits per heavy atom. The van der Waals surface area contributed by atoms with Gasteiger partial charge in [-0.2, -0.15) is 0 Å². The molecule has 2 N–H and O–H groups in total. The van der Waals surface area contributed by atoms with E-state index in [1.165, 1.54) is 0 Å². The molecule has 100 valence electrons. The summed E-state index contributed by atoms with van der Waals surface area (Å²) in [5.41, 5.74) is 7.42. The first-order valence-corrected chi connectivity index (χ1v) is 7.63. The predicted octanol–water partition coefficient (Wildman–Crippen LogP) is 3.21. The second-order valence-electron chi connectivity index (χ2n) is 3.50. The van der Waals surface area contributed by atoms with Crippen LogP contribution in [0.1, 0.15) is 19.4 Å². The highest BCUT2D eigenvalue weighted by atomic mass is 35.5. The van der Waals surface area contributed by atoms with Gasteiger partial charge in [0.2, 0.25) is 0 Å². The molecule has 0 bridgehead atoms. The van der Waals surface area contributed by atoms with Crippen molar-refractivity contribution in [3.63, 3.8) is 0 Å². The topological polar surface area (TPSA) is 27.3 Å². The Bertz CT molecular complexity index is 381. The largest absolute Gasteiger partial charge is 0.224 e. The lowest BCUT2D eigenvalue weighted by Gasteiger charge is -2.24. The molecule has 0 atom stereocenters. The zero-order chi connectivity index (χ0) is 13.4. The van der Waals surface area contributed by atoms with Crippen LogP contribution in [0.3, 0.4) is 0 Å². The maximum Gasteiger partial charge on any atom is 0.167 e. The Morgan fingerprint density at radius 2 is 1.89 bits per heavy atom. The maximum absolute atomic E-state index is 6.11. The standard InChI is InChI=1S/C12H18ClN3S2/c1-3-14-16(15-4-2)12(17)18-9-10-7-5-6-8-11(10)13/h5-8,14-15H,3-4,9H2,1-2H3. The lowest BCUT2D eigenvalue weighted by atomic mass is 10.2. The average molecular weight is 304 g/mol. The number of hydrogen-bond acceptors (Lipinski definition) is 4. The predicted molar refractivity (Wildman–Crippen MR) is 84.5 cm³/mol. The van der Waals surface area contributed by atoms with E-state index in [1.807, 2.05) is 38.1 Å². The molecule has 0 spiro atoms. The van der Waals surface area contributed by atoms with Crippen LogP contribution in [0.15, 0.2) is 24.3 Å². The normalized spacial score (nSPS) is 10.4. The molecule has 0 saturated heterocycles. The van der Waals surface area contributed by atoms with Gasteiger partial charge in [0.25, 0.3) is 0 Å². The molecule has 0 radical (unpaired) electrons. The van der Waals surface area contributed by atoms with Crippen molar-refractivity contribution in [1.82, 2.24) is 16.0 Å². The van der Waals surface area contributed by atoms with Crippen LogP contribution >= 0.6 is 35.6 Å². The van der Waals surface area contributed by atoms with E-state index in [2.05, 4.69) is 10.9 Å². The number of rotatable bonds is 6. The zero-order valence-electron chi connectivity index (χ0n) is 10.6. The fourth-order valence-corrected chi connectivity index (χ4v) is 2.70. The third-order valence-corrected chi connectivity index (χ3v) is 3.91. The van der Waals surface area contributed by atoms with Crippen molar-refractivity contribution < 1.29 is 0 Å². The minimum Gasteiger partial charge on any atom is -0.224 e. The summed E-state index contributed by atoms with van der Waals surface area (Å²) in [5.74, 6) is 0.770. The van der Waals surface area contributed by atoms with Crippen LogP contribution in [0.5, 0.6) is 0 Å². The number of benzene rings is 1. The van der Waals surface area contributed by atoms with Crippen LogP contribution in [0.25, 0.3) is 0 Å². The minimum atomic E-state index is 0.763. The molecule has 1 aromatic carbocycles. The van der Waals surface area contributed by atoms with E-state index in [0.717, 1.165) is 33.7 Å². The van der Waals surface area contributed by atoms with E-state index in [4.69, 9.17) is 23.8 Å². The van der Waals surface area contributed by atoms with Gasteiger partial charge in [0.15, 0.2) is 4.32 Å².